The van der Waals surface area contributed by atoms with Gasteiger partial charge in [0.15, 0.2) is 5.82 Å². The van der Waals surface area contributed by atoms with Crippen molar-refractivity contribution in [3.05, 3.63) is 42.0 Å². The molecule has 1 fully saturated rings. The Kier molecular flexibility index (Phi) is 9.38. The topological polar surface area (TPSA) is 108 Å². The quantitative estimate of drug-likeness (QED) is 0.375. The molecule has 3 atom stereocenters. The van der Waals surface area contributed by atoms with E-state index < -0.39 is 12.2 Å². The Labute approximate surface area is 205 Å². The third-order valence-corrected chi connectivity index (χ3v) is 6.61. The van der Waals surface area contributed by atoms with E-state index in [1.807, 2.05) is 31.2 Å². The molecule has 2 aromatic carbocycles. The number of aromatic nitrogens is 2. The summed E-state index contributed by atoms with van der Waals surface area (Å²) in [6.07, 6.45) is 3.73. The maximum Gasteiger partial charge on any atom is 0.165 e. The first kappa shape index (κ1) is 26.1. The first-order chi connectivity index (χ1) is 16.3. The molecule has 1 heterocycles. The zero-order chi connectivity index (χ0) is 24.7. The fourth-order valence-corrected chi connectivity index (χ4v) is 4.31. The molecule has 7 nitrogen and oxygen atoms in total. The lowest BCUT2D eigenvalue weighted by molar-refractivity contribution is -0.0226. The van der Waals surface area contributed by atoms with Crippen LogP contribution in [-0.4, -0.2) is 63.2 Å². The summed E-state index contributed by atoms with van der Waals surface area (Å²) >= 11 is 1.77. The Morgan fingerprint density at radius 2 is 1.88 bits per heavy atom. The summed E-state index contributed by atoms with van der Waals surface area (Å²) in [4.78, 5) is 9.32. The van der Waals surface area contributed by atoms with E-state index in [2.05, 4.69) is 28.5 Å². The number of aliphatic hydroxyl groups excluding tert-OH is 2. The van der Waals surface area contributed by atoms with Gasteiger partial charge >= 0.3 is 0 Å². The standard InChI is InChI=1S/C19H21N3O2S.C7H14O2/c1-12-10-15-14(11-17(12)24-2)18(20-8-9-25-3)22-19(21-15)13-6-4-5-7-16(13)23;1-5-2-3-6(8)7(9)4-5/h4-7,10-11,23H,8-9H2,1-3H3,(H,20,21,22);5-9H,2-4H2,1H3. The van der Waals surface area contributed by atoms with Crippen molar-refractivity contribution in [2.75, 3.05) is 31.0 Å². The number of anilines is 1. The van der Waals surface area contributed by atoms with Crippen LogP contribution >= 0.6 is 11.8 Å². The smallest absolute Gasteiger partial charge is 0.165 e. The number of ether oxygens (including phenoxy) is 1. The van der Waals surface area contributed by atoms with Gasteiger partial charge in [-0.1, -0.05) is 19.1 Å². The average Bonchev–Trinajstić information content (AvgIpc) is 2.82. The molecule has 1 aliphatic rings. The van der Waals surface area contributed by atoms with Gasteiger partial charge < -0.3 is 25.4 Å². The van der Waals surface area contributed by atoms with Crippen molar-refractivity contribution in [1.82, 2.24) is 9.97 Å². The molecule has 0 amide bonds. The van der Waals surface area contributed by atoms with Crippen LogP contribution in [0.2, 0.25) is 0 Å². The summed E-state index contributed by atoms with van der Waals surface area (Å²) in [5, 5.41) is 32.6. The van der Waals surface area contributed by atoms with Crippen LogP contribution in [0.1, 0.15) is 31.7 Å². The number of hydrogen-bond acceptors (Lipinski definition) is 8. The van der Waals surface area contributed by atoms with Crippen molar-refractivity contribution >= 4 is 28.5 Å². The number of nitrogens with zero attached hydrogens (tertiary/aromatic N) is 2. The van der Waals surface area contributed by atoms with Crippen molar-refractivity contribution in [2.24, 2.45) is 5.92 Å². The Bertz CT molecular complexity index is 1100. The molecular weight excluding hydrogens is 450 g/mol. The Balaban J connectivity index is 0.000000302. The second-order valence-corrected chi connectivity index (χ2v) is 9.71. The van der Waals surface area contributed by atoms with Gasteiger partial charge in [0.2, 0.25) is 0 Å². The molecule has 4 N–H and O–H groups in total. The van der Waals surface area contributed by atoms with Crippen LogP contribution in [0.15, 0.2) is 36.4 Å². The van der Waals surface area contributed by atoms with E-state index in [4.69, 9.17) is 14.9 Å². The van der Waals surface area contributed by atoms with Gasteiger partial charge in [-0.15, -0.1) is 0 Å². The maximum atomic E-state index is 10.2. The summed E-state index contributed by atoms with van der Waals surface area (Å²) in [6.45, 7) is 4.89. The summed E-state index contributed by atoms with van der Waals surface area (Å²) < 4.78 is 5.44. The van der Waals surface area contributed by atoms with Crippen molar-refractivity contribution in [2.45, 2.75) is 45.3 Å². The largest absolute Gasteiger partial charge is 0.507 e. The molecule has 0 bridgehead atoms. The highest BCUT2D eigenvalue weighted by molar-refractivity contribution is 7.98. The van der Waals surface area contributed by atoms with Gasteiger partial charge in [-0.05, 0) is 68.2 Å². The molecule has 0 spiro atoms. The van der Waals surface area contributed by atoms with Gasteiger partial charge in [0.05, 0.1) is 30.4 Å². The number of aromatic hydroxyl groups is 1. The van der Waals surface area contributed by atoms with Crippen LogP contribution in [-0.2, 0) is 0 Å². The van der Waals surface area contributed by atoms with Crippen molar-refractivity contribution in [3.63, 3.8) is 0 Å². The van der Waals surface area contributed by atoms with Gasteiger partial charge in [-0.25, -0.2) is 9.97 Å². The van der Waals surface area contributed by atoms with Crippen LogP contribution in [0.3, 0.4) is 0 Å². The third kappa shape index (κ3) is 6.52. The molecule has 1 saturated carbocycles. The molecule has 0 aliphatic heterocycles. The van der Waals surface area contributed by atoms with Crippen LogP contribution < -0.4 is 10.1 Å². The first-order valence-corrected chi connectivity index (χ1v) is 13.0. The molecule has 0 saturated heterocycles. The molecule has 3 unspecified atom stereocenters. The number of fused-ring (bicyclic) bond motifs is 1. The van der Waals surface area contributed by atoms with E-state index in [0.717, 1.165) is 59.6 Å². The van der Waals surface area contributed by atoms with Gasteiger partial charge in [0.1, 0.15) is 17.3 Å². The normalized spacial score (nSPS) is 19.9. The number of phenolic OH excluding ortho intramolecular Hbond substituents is 1. The minimum atomic E-state index is -0.464. The maximum absolute atomic E-state index is 10.2. The summed E-state index contributed by atoms with van der Waals surface area (Å²) in [7, 11) is 1.66. The number of rotatable bonds is 6. The van der Waals surface area contributed by atoms with E-state index in [1.165, 1.54) is 0 Å². The number of nitrogens with one attached hydrogen (secondary N) is 1. The van der Waals surface area contributed by atoms with Gasteiger partial charge in [-0.2, -0.15) is 11.8 Å². The minimum absolute atomic E-state index is 0.169. The molecule has 184 valence electrons. The number of thioether (sulfide) groups is 1. The highest BCUT2D eigenvalue weighted by Gasteiger charge is 2.24. The molecule has 3 aromatic rings. The van der Waals surface area contributed by atoms with Crippen LogP contribution in [0.5, 0.6) is 11.5 Å². The van der Waals surface area contributed by atoms with E-state index in [0.29, 0.717) is 17.3 Å². The Morgan fingerprint density at radius 1 is 1.12 bits per heavy atom. The first-order valence-electron chi connectivity index (χ1n) is 11.6. The highest BCUT2D eigenvalue weighted by atomic mass is 32.2. The number of para-hydroxylation sites is 1. The number of aryl methyl sites for hydroxylation is 1. The predicted octanol–water partition coefficient (Wildman–Crippen LogP) is 4.62. The SMILES string of the molecule is CC1CCC(O)C(O)C1.COc1cc2c(NCCSC)nc(-c3ccccc3O)nc2cc1C. The molecule has 1 aliphatic carbocycles. The molecular formula is C26H35N3O4S. The van der Waals surface area contributed by atoms with E-state index in [9.17, 15) is 5.11 Å². The van der Waals surface area contributed by atoms with Crippen LogP contribution in [0.4, 0.5) is 5.82 Å². The molecule has 34 heavy (non-hydrogen) atoms. The number of aliphatic hydroxyl groups is 2. The molecule has 4 rings (SSSR count). The fraction of sp³-hybridized carbons (Fsp3) is 0.462. The molecule has 1 aromatic heterocycles. The van der Waals surface area contributed by atoms with Crippen LogP contribution in [0, 0.1) is 12.8 Å². The Hall–Kier alpha value is -2.55. The van der Waals surface area contributed by atoms with Gasteiger partial charge in [0.25, 0.3) is 0 Å². The van der Waals surface area contributed by atoms with Crippen LogP contribution in [0.25, 0.3) is 22.3 Å². The number of methoxy groups -OCH3 is 1. The van der Waals surface area contributed by atoms with Crippen molar-refractivity contribution in [1.29, 1.82) is 0 Å². The molecule has 8 heteroatoms. The fourth-order valence-electron chi connectivity index (χ4n) is 4.00. The highest BCUT2D eigenvalue weighted by Crippen LogP contribution is 2.33. The van der Waals surface area contributed by atoms with Gasteiger partial charge in [-0.3, -0.25) is 0 Å². The lowest BCUT2D eigenvalue weighted by Gasteiger charge is -2.27. The zero-order valence-corrected chi connectivity index (χ0v) is 21.1. The zero-order valence-electron chi connectivity index (χ0n) is 20.3. The monoisotopic (exact) mass is 485 g/mol. The number of hydrogen-bond donors (Lipinski definition) is 4. The van der Waals surface area contributed by atoms with E-state index in [-0.39, 0.29) is 5.75 Å². The van der Waals surface area contributed by atoms with Gasteiger partial charge in [0, 0.05) is 17.7 Å². The van der Waals surface area contributed by atoms with E-state index in [1.54, 1.807) is 31.0 Å². The summed E-state index contributed by atoms with van der Waals surface area (Å²) in [5.74, 6) is 3.78. The average molecular weight is 486 g/mol. The Morgan fingerprint density at radius 3 is 2.53 bits per heavy atom. The number of benzene rings is 2. The summed E-state index contributed by atoms with van der Waals surface area (Å²) in [6, 6.07) is 11.1. The molecule has 0 radical (unpaired) electrons. The van der Waals surface area contributed by atoms with E-state index >= 15 is 0 Å². The second-order valence-electron chi connectivity index (χ2n) is 8.72. The lowest BCUT2D eigenvalue weighted by atomic mass is 9.87. The number of phenols is 1. The second kappa shape index (κ2) is 12.2. The summed E-state index contributed by atoms with van der Waals surface area (Å²) in [5.41, 5.74) is 2.44. The predicted molar refractivity (Wildman–Crippen MR) is 140 cm³/mol. The lowest BCUT2D eigenvalue weighted by Crippen LogP contribution is -2.32. The van der Waals surface area contributed by atoms with Crippen molar-refractivity contribution in [3.8, 4) is 22.9 Å². The minimum Gasteiger partial charge on any atom is -0.507 e. The third-order valence-electron chi connectivity index (χ3n) is 6.00. The van der Waals surface area contributed by atoms with Crippen molar-refractivity contribution < 1.29 is 20.1 Å².